The van der Waals surface area contributed by atoms with Crippen molar-refractivity contribution in [2.45, 2.75) is 57.4 Å². The van der Waals surface area contributed by atoms with Crippen LogP contribution in [0.3, 0.4) is 0 Å². The van der Waals surface area contributed by atoms with E-state index in [1.165, 1.54) is 6.20 Å². The number of aromatic nitrogens is 3. The van der Waals surface area contributed by atoms with Gasteiger partial charge in [-0.2, -0.15) is 18.3 Å². The molecule has 0 radical (unpaired) electrons. The third-order valence-corrected chi connectivity index (χ3v) is 4.67. The maximum atomic E-state index is 13.4. The monoisotopic (exact) mass is 381 g/mol. The zero-order chi connectivity index (χ0) is 19.6. The van der Waals surface area contributed by atoms with Crippen molar-refractivity contribution >= 4 is 11.7 Å². The van der Waals surface area contributed by atoms with Crippen LogP contribution in [0, 0.1) is 0 Å². The number of pyridine rings is 1. The van der Waals surface area contributed by atoms with Gasteiger partial charge in [-0.3, -0.25) is 9.78 Å². The van der Waals surface area contributed by atoms with Crippen LogP contribution in [0.2, 0.25) is 0 Å². The fraction of sp³-hybridized carbons (Fsp3) is 0.500. The first kappa shape index (κ1) is 19.2. The molecule has 3 heterocycles. The molecule has 0 aliphatic carbocycles. The number of carbonyl (C=O) groups is 1. The van der Waals surface area contributed by atoms with E-state index in [0.29, 0.717) is 12.8 Å². The Morgan fingerprint density at radius 2 is 2.22 bits per heavy atom. The maximum absolute atomic E-state index is 13.4. The van der Waals surface area contributed by atoms with Crippen molar-refractivity contribution in [2.75, 3.05) is 5.32 Å². The van der Waals surface area contributed by atoms with Crippen molar-refractivity contribution in [3.8, 4) is 0 Å². The molecule has 0 saturated heterocycles. The van der Waals surface area contributed by atoms with Crippen molar-refractivity contribution in [3.05, 3.63) is 41.9 Å². The summed E-state index contributed by atoms with van der Waals surface area (Å²) in [5.41, 5.74) is 0.943. The number of hydrogen-bond donors (Lipinski definition) is 2. The summed E-state index contributed by atoms with van der Waals surface area (Å²) in [6.07, 6.45) is -0.616. The van der Waals surface area contributed by atoms with E-state index < -0.39 is 18.1 Å². The summed E-state index contributed by atoms with van der Waals surface area (Å²) in [7, 11) is 0. The molecule has 2 aromatic rings. The Morgan fingerprint density at radius 3 is 2.85 bits per heavy atom. The minimum atomic E-state index is -4.42. The van der Waals surface area contributed by atoms with Gasteiger partial charge in [0.2, 0.25) is 0 Å². The number of nitrogens with zero attached hydrogens (tertiary/aromatic N) is 3. The van der Waals surface area contributed by atoms with E-state index in [9.17, 15) is 18.0 Å². The first-order valence-corrected chi connectivity index (χ1v) is 8.91. The summed E-state index contributed by atoms with van der Waals surface area (Å²) in [5, 5.41) is 9.69. The smallest absolute Gasteiger partial charge is 0.367 e. The van der Waals surface area contributed by atoms with Crippen LogP contribution in [0.25, 0.3) is 0 Å². The minimum absolute atomic E-state index is 0.105. The fourth-order valence-electron chi connectivity index (χ4n) is 3.26. The molecule has 1 aliphatic heterocycles. The molecule has 0 unspecified atom stereocenters. The molecule has 0 spiro atoms. The zero-order valence-corrected chi connectivity index (χ0v) is 15.1. The van der Waals surface area contributed by atoms with Gasteiger partial charge in [0.1, 0.15) is 11.4 Å². The highest BCUT2D eigenvalue weighted by atomic mass is 19.4. The van der Waals surface area contributed by atoms with E-state index in [1.807, 2.05) is 26.0 Å². The van der Waals surface area contributed by atoms with Gasteiger partial charge in [0.15, 0.2) is 6.04 Å². The predicted molar refractivity (Wildman–Crippen MR) is 94.5 cm³/mol. The molecule has 27 heavy (non-hydrogen) atoms. The van der Waals surface area contributed by atoms with Gasteiger partial charge in [-0.05, 0) is 31.9 Å². The van der Waals surface area contributed by atoms with Crippen LogP contribution < -0.4 is 10.6 Å². The predicted octanol–water partition coefficient (Wildman–Crippen LogP) is 3.34. The van der Waals surface area contributed by atoms with E-state index in [0.717, 1.165) is 10.4 Å². The molecule has 1 aliphatic rings. The van der Waals surface area contributed by atoms with E-state index in [1.54, 1.807) is 12.3 Å². The third-order valence-electron chi connectivity index (χ3n) is 4.67. The second-order valence-corrected chi connectivity index (χ2v) is 6.79. The first-order chi connectivity index (χ1) is 12.8. The quantitative estimate of drug-likeness (QED) is 0.833. The summed E-state index contributed by atoms with van der Waals surface area (Å²) in [4.78, 5) is 16.8. The lowest BCUT2D eigenvalue weighted by molar-refractivity contribution is -0.173. The SMILES string of the molecule is CC[C@H]1C[C@@H](C(F)(F)F)n2ncc(C(=O)N[C@@H](C)Cc3ccccn3)c2N1. The molecule has 3 rings (SSSR count). The maximum Gasteiger partial charge on any atom is 0.410 e. The van der Waals surface area contributed by atoms with Crippen LogP contribution in [0.1, 0.15) is 48.8 Å². The molecule has 2 N–H and O–H groups in total. The topological polar surface area (TPSA) is 71.8 Å². The third kappa shape index (κ3) is 4.23. The Morgan fingerprint density at radius 1 is 1.44 bits per heavy atom. The summed E-state index contributed by atoms with van der Waals surface area (Å²) < 4.78 is 41.1. The molecule has 146 valence electrons. The first-order valence-electron chi connectivity index (χ1n) is 8.91. The molecular formula is C18H22F3N5O. The van der Waals surface area contributed by atoms with E-state index in [-0.39, 0.29) is 29.9 Å². The molecule has 3 atom stereocenters. The van der Waals surface area contributed by atoms with Crippen LogP contribution >= 0.6 is 0 Å². The van der Waals surface area contributed by atoms with Crippen molar-refractivity contribution in [2.24, 2.45) is 0 Å². The number of alkyl halides is 3. The standard InChI is InChI=1S/C18H22F3N5O/c1-3-12-9-15(18(19,20)21)26-16(25-12)14(10-23-26)17(27)24-11(2)8-13-6-4-5-7-22-13/h4-7,10-12,15,25H,3,8-9H2,1-2H3,(H,24,27)/t11-,12-,15-/m0/s1. The normalized spacial score (nSPS) is 20.5. The molecule has 0 saturated carbocycles. The highest BCUT2D eigenvalue weighted by Crippen LogP contribution is 2.40. The zero-order valence-electron chi connectivity index (χ0n) is 15.1. The van der Waals surface area contributed by atoms with E-state index >= 15 is 0 Å². The number of halogens is 3. The van der Waals surface area contributed by atoms with Crippen LogP contribution in [0.5, 0.6) is 0 Å². The largest absolute Gasteiger partial charge is 0.410 e. The van der Waals surface area contributed by atoms with Gasteiger partial charge >= 0.3 is 6.18 Å². The number of hydrogen-bond acceptors (Lipinski definition) is 4. The van der Waals surface area contributed by atoms with Crippen LogP contribution in [-0.2, 0) is 6.42 Å². The van der Waals surface area contributed by atoms with Gasteiger partial charge in [-0.25, -0.2) is 4.68 Å². The number of amides is 1. The molecule has 9 heteroatoms. The molecule has 6 nitrogen and oxygen atoms in total. The molecule has 0 fully saturated rings. The van der Waals surface area contributed by atoms with Crippen molar-refractivity contribution < 1.29 is 18.0 Å². The molecule has 2 aromatic heterocycles. The average molecular weight is 381 g/mol. The second kappa shape index (κ2) is 7.58. The molecule has 0 aromatic carbocycles. The lowest BCUT2D eigenvalue weighted by Gasteiger charge is -2.33. The van der Waals surface area contributed by atoms with E-state index in [4.69, 9.17) is 0 Å². The number of rotatable bonds is 5. The van der Waals surface area contributed by atoms with Crippen LogP contribution in [-0.4, -0.2) is 38.9 Å². The number of carbonyl (C=O) groups excluding carboxylic acids is 1. The summed E-state index contributed by atoms with van der Waals surface area (Å²) in [6.45, 7) is 3.63. The molecule has 1 amide bonds. The lowest BCUT2D eigenvalue weighted by atomic mass is 10.0. The summed E-state index contributed by atoms with van der Waals surface area (Å²) in [6, 6.07) is 3.19. The Labute approximate surface area is 155 Å². The van der Waals surface area contributed by atoms with Crippen LogP contribution in [0.15, 0.2) is 30.6 Å². The average Bonchev–Trinajstić information content (AvgIpc) is 3.04. The Bertz CT molecular complexity index is 790. The molecular weight excluding hydrogens is 359 g/mol. The van der Waals surface area contributed by atoms with E-state index in [2.05, 4.69) is 20.7 Å². The van der Waals surface area contributed by atoms with Gasteiger partial charge in [0, 0.05) is 30.4 Å². The number of nitrogens with one attached hydrogen (secondary N) is 2. The minimum Gasteiger partial charge on any atom is -0.367 e. The Balaban J connectivity index is 1.77. The highest BCUT2D eigenvalue weighted by molar-refractivity contribution is 5.99. The molecule has 0 bridgehead atoms. The summed E-state index contributed by atoms with van der Waals surface area (Å²) in [5.74, 6) is -0.331. The van der Waals surface area contributed by atoms with Crippen molar-refractivity contribution in [1.29, 1.82) is 0 Å². The highest BCUT2D eigenvalue weighted by Gasteiger charge is 2.46. The second-order valence-electron chi connectivity index (χ2n) is 6.79. The Kier molecular flexibility index (Phi) is 5.38. The number of anilines is 1. The van der Waals surface area contributed by atoms with Gasteiger partial charge in [-0.1, -0.05) is 13.0 Å². The number of fused-ring (bicyclic) bond motifs is 1. The lowest BCUT2D eigenvalue weighted by Crippen LogP contribution is -2.40. The van der Waals surface area contributed by atoms with Gasteiger partial charge in [0.25, 0.3) is 5.91 Å². The Hall–Kier alpha value is -2.58. The van der Waals surface area contributed by atoms with Crippen LogP contribution in [0.4, 0.5) is 19.0 Å². The van der Waals surface area contributed by atoms with Gasteiger partial charge in [0.05, 0.1) is 6.20 Å². The fourth-order valence-corrected chi connectivity index (χ4v) is 3.26. The van der Waals surface area contributed by atoms with Gasteiger partial charge in [-0.15, -0.1) is 0 Å². The van der Waals surface area contributed by atoms with Crippen molar-refractivity contribution in [1.82, 2.24) is 20.1 Å². The van der Waals surface area contributed by atoms with Gasteiger partial charge < -0.3 is 10.6 Å². The summed E-state index contributed by atoms with van der Waals surface area (Å²) >= 11 is 0. The van der Waals surface area contributed by atoms with Crippen molar-refractivity contribution in [3.63, 3.8) is 0 Å².